The highest BCUT2D eigenvalue weighted by molar-refractivity contribution is 7.89. The van der Waals surface area contributed by atoms with Crippen LogP contribution in [0.5, 0.6) is 0 Å². The molecule has 2 N–H and O–H groups in total. The third-order valence-electron chi connectivity index (χ3n) is 6.73. The molecule has 11 nitrogen and oxygen atoms in total. The smallest absolute Gasteiger partial charge is 0.227 e. The number of hydrogen-bond acceptors (Lipinski definition) is 9. The minimum Gasteiger partial charge on any atom is -0.365 e. The Kier molecular flexibility index (Phi) is 6.79. The summed E-state index contributed by atoms with van der Waals surface area (Å²) in [5.74, 6) is 3.41. The molecule has 3 aromatic rings. The Balaban J connectivity index is 1.48. The predicted octanol–water partition coefficient (Wildman–Crippen LogP) is 1.25. The Bertz CT molecular complexity index is 1380. The molecule has 12 heteroatoms. The van der Waals surface area contributed by atoms with E-state index in [1.165, 1.54) is 4.31 Å². The van der Waals surface area contributed by atoms with Crippen LogP contribution in [0.15, 0.2) is 24.7 Å². The van der Waals surface area contributed by atoms with Crippen molar-refractivity contribution in [3.05, 3.63) is 24.7 Å². The normalized spacial score (nSPS) is 22.0. The highest BCUT2D eigenvalue weighted by atomic mass is 32.2. The first kappa shape index (κ1) is 24.4. The van der Waals surface area contributed by atoms with Crippen molar-refractivity contribution in [3.63, 3.8) is 0 Å². The lowest BCUT2D eigenvalue weighted by molar-refractivity contribution is 0.264. The molecule has 2 atom stereocenters. The topological polar surface area (TPSA) is 123 Å². The summed E-state index contributed by atoms with van der Waals surface area (Å²) in [6, 6.07) is 1.73. The first-order chi connectivity index (χ1) is 17.3. The van der Waals surface area contributed by atoms with Crippen LogP contribution in [0.4, 0.5) is 11.8 Å². The Morgan fingerprint density at radius 1 is 1.17 bits per heavy atom. The van der Waals surface area contributed by atoms with E-state index in [2.05, 4.69) is 43.0 Å². The maximum atomic E-state index is 12.7. The van der Waals surface area contributed by atoms with E-state index in [1.54, 1.807) is 18.6 Å². The van der Waals surface area contributed by atoms with Crippen molar-refractivity contribution in [2.45, 2.75) is 19.4 Å². The Labute approximate surface area is 211 Å². The second-order valence-corrected chi connectivity index (χ2v) is 11.6. The van der Waals surface area contributed by atoms with Gasteiger partial charge in [0.25, 0.3) is 0 Å². The number of aromatic amines is 1. The third-order valence-corrected chi connectivity index (χ3v) is 8.34. The van der Waals surface area contributed by atoms with Crippen LogP contribution in [0.3, 0.4) is 0 Å². The summed E-state index contributed by atoms with van der Waals surface area (Å²) in [6.07, 6.45) is 11.4. The number of anilines is 2. The number of sulfonamides is 1. The standard InChI is InChI=1S/C24H31N9O2S/c1-4-11-36(34,35)33-15-17(2)12-18(16-33)28-22-19(21-14-26-23-20(29-21)5-6-25-23)13-27-24(30-22)32-9-7-31(3)8-10-32/h1,5-6,13-14,17-18H,7-12,15-16H2,2-3H3,(H,25,26)(H,27,28,30)/t17-,18-/m0/s1. The van der Waals surface area contributed by atoms with Gasteiger partial charge in [-0.2, -0.15) is 9.29 Å². The average molecular weight is 510 g/mol. The van der Waals surface area contributed by atoms with Gasteiger partial charge in [-0.3, -0.25) is 0 Å². The van der Waals surface area contributed by atoms with E-state index >= 15 is 0 Å². The van der Waals surface area contributed by atoms with E-state index in [4.69, 9.17) is 16.4 Å². The summed E-state index contributed by atoms with van der Waals surface area (Å²) in [7, 11) is -1.41. The molecule has 0 aromatic carbocycles. The summed E-state index contributed by atoms with van der Waals surface area (Å²) >= 11 is 0. The summed E-state index contributed by atoms with van der Waals surface area (Å²) in [4.78, 5) is 26.3. The SMILES string of the molecule is C#CCS(=O)(=O)N1C[C@@H](C)C[C@H](Nc2nc(N3CCN(C)CC3)ncc2-c2cnc3[nH]ccc3n2)C1. The number of fused-ring (bicyclic) bond motifs is 1. The number of hydrogen-bond donors (Lipinski definition) is 2. The van der Waals surface area contributed by atoms with Gasteiger partial charge in [0.2, 0.25) is 16.0 Å². The van der Waals surface area contributed by atoms with Gasteiger partial charge in [-0.25, -0.2) is 23.4 Å². The summed E-state index contributed by atoms with van der Waals surface area (Å²) in [6.45, 7) is 6.38. The molecule has 0 aliphatic carbocycles. The van der Waals surface area contributed by atoms with Crippen LogP contribution in [0.2, 0.25) is 0 Å². The van der Waals surface area contributed by atoms with Crippen LogP contribution in [-0.2, 0) is 10.0 Å². The van der Waals surface area contributed by atoms with Crippen molar-refractivity contribution in [3.8, 4) is 23.6 Å². The number of nitrogens with zero attached hydrogens (tertiary/aromatic N) is 7. The molecule has 2 fully saturated rings. The zero-order chi connectivity index (χ0) is 25.3. The third kappa shape index (κ3) is 5.13. The molecule has 2 aliphatic rings. The highest BCUT2D eigenvalue weighted by Crippen LogP contribution is 2.30. The molecule has 190 valence electrons. The van der Waals surface area contributed by atoms with Crippen LogP contribution >= 0.6 is 0 Å². The van der Waals surface area contributed by atoms with Crippen molar-refractivity contribution >= 4 is 33.0 Å². The van der Waals surface area contributed by atoms with Gasteiger partial charge in [0.05, 0.1) is 17.5 Å². The summed E-state index contributed by atoms with van der Waals surface area (Å²) in [5, 5.41) is 3.53. The van der Waals surface area contributed by atoms with Gasteiger partial charge in [0.15, 0.2) is 5.65 Å². The van der Waals surface area contributed by atoms with E-state index in [9.17, 15) is 8.42 Å². The number of piperidine rings is 1. The number of piperazine rings is 1. The zero-order valence-corrected chi connectivity index (χ0v) is 21.4. The molecule has 5 heterocycles. The second kappa shape index (κ2) is 10.0. The number of terminal acetylenes is 1. The van der Waals surface area contributed by atoms with Crippen molar-refractivity contribution < 1.29 is 8.42 Å². The predicted molar refractivity (Wildman–Crippen MR) is 140 cm³/mol. The lowest BCUT2D eigenvalue weighted by Gasteiger charge is -2.36. The monoisotopic (exact) mass is 509 g/mol. The second-order valence-electron chi connectivity index (χ2n) is 9.65. The van der Waals surface area contributed by atoms with Gasteiger partial charge < -0.3 is 20.1 Å². The minimum absolute atomic E-state index is 0.140. The van der Waals surface area contributed by atoms with Crippen molar-refractivity contribution in [2.24, 2.45) is 5.92 Å². The number of nitrogens with one attached hydrogen (secondary N) is 2. The van der Waals surface area contributed by atoms with E-state index in [0.29, 0.717) is 36.2 Å². The van der Waals surface area contributed by atoms with E-state index in [1.807, 2.05) is 13.0 Å². The molecule has 2 aliphatic heterocycles. The molecule has 5 rings (SSSR count). The molecule has 0 radical (unpaired) electrons. The maximum Gasteiger partial charge on any atom is 0.227 e. The van der Waals surface area contributed by atoms with Crippen LogP contribution in [-0.4, -0.2) is 101 Å². The maximum absolute atomic E-state index is 12.7. The molecule has 3 aromatic heterocycles. The first-order valence-electron chi connectivity index (χ1n) is 12.1. The Morgan fingerprint density at radius 2 is 1.97 bits per heavy atom. The lowest BCUT2D eigenvalue weighted by Crippen LogP contribution is -2.49. The molecule has 0 amide bonds. The van der Waals surface area contributed by atoms with Crippen molar-refractivity contribution in [2.75, 3.05) is 62.3 Å². The lowest BCUT2D eigenvalue weighted by atomic mass is 9.97. The van der Waals surface area contributed by atoms with Gasteiger partial charge in [-0.15, -0.1) is 6.42 Å². The number of likely N-dealkylation sites (N-methyl/N-ethyl adjacent to an activating group) is 1. The van der Waals surface area contributed by atoms with Gasteiger partial charge in [0, 0.05) is 57.7 Å². The van der Waals surface area contributed by atoms with E-state index in [-0.39, 0.29) is 17.7 Å². The Hall–Kier alpha value is -3.27. The molecule has 36 heavy (non-hydrogen) atoms. The number of H-pyrrole nitrogens is 1. The minimum atomic E-state index is -3.52. The number of rotatable bonds is 6. The fourth-order valence-electron chi connectivity index (χ4n) is 4.81. The van der Waals surface area contributed by atoms with Gasteiger partial charge in [0.1, 0.15) is 17.1 Å². The van der Waals surface area contributed by atoms with Crippen molar-refractivity contribution in [1.82, 2.24) is 34.1 Å². The molecular formula is C24H31N9O2S. The quantitative estimate of drug-likeness (QED) is 0.473. The first-order valence-corrected chi connectivity index (χ1v) is 13.7. The molecule has 0 spiro atoms. The van der Waals surface area contributed by atoms with Crippen LogP contribution < -0.4 is 10.2 Å². The zero-order valence-electron chi connectivity index (χ0n) is 20.6. The van der Waals surface area contributed by atoms with Gasteiger partial charge in [-0.1, -0.05) is 12.8 Å². The fraction of sp³-hybridized carbons (Fsp3) is 0.500. The van der Waals surface area contributed by atoms with Crippen LogP contribution in [0.25, 0.3) is 22.4 Å². The summed E-state index contributed by atoms with van der Waals surface area (Å²) < 4.78 is 26.9. The average Bonchev–Trinajstić information content (AvgIpc) is 3.32. The van der Waals surface area contributed by atoms with E-state index in [0.717, 1.165) is 43.7 Å². The van der Waals surface area contributed by atoms with Gasteiger partial charge in [-0.05, 0) is 25.5 Å². The number of aromatic nitrogens is 5. The van der Waals surface area contributed by atoms with Crippen LogP contribution in [0, 0.1) is 18.3 Å². The summed E-state index contributed by atoms with van der Waals surface area (Å²) in [5.41, 5.74) is 2.83. The fourth-order valence-corrected chi connectivity index (χ4v) is 6.10. The largest absolute Gasteiger partial charge is 0.365 e. The van der Waals surface area contributed by atoms with Gasteiger partial charge >= 0.3 is 0 Å². The molecular weight excluding hydrogens is 478 g/mol. The van der Waals surface area contributed by atoms with Crippen molar-refractivity contribution in [1.29, 1.82) is 0 Å². The molecule has 0 unspecified atom stereocenters. The Morgan fingerprint density at radius 3 is 2.75 bits per heavy atom. The molecule has 2 saturated heterocycles. The van der Waals surface area contributed by atoms with Crippen LogP contribution in [0.1, 0.15) is 13.3 Å². The molecule has 0 saturated carbocycles. The highest BCUT2D eigenvalue weighted by Gasteiger charge is 2.32. The molecule has 0 bridgehead atoms. The van der Waals surface area contributed by atoms with E-state index < -0.39 is 10.0 Å².